The molecule has 4 rings (SSSR count). The molecule has 2 amide bonds. The zero-order valence-corrected chi connectivity index (χ0v) is 16.9. The Balaban J connectivity index is 1.50. The third-order valence-electron chi connectivity index (χ3n) is 4.61. The van der Waals surface area contributed by atoms with Crippen LogP contribution in [0.25, 0.3) is 0 Å². The van der Waals surface area contributed by atoms with Crippen molar-refractivity contribution in [2.75, 3.05) is 5.32 Å². The van der Waals surface area contributed by atoms with Gasteiger partial charge in [0, 0.05) is 28.7 Å². The van der Waals surface area contributed by atoms with Crippen LogP contribution in [0.2, 0.25) is 5.02 Å². The fraction of sp³-hybridized carbons (Fsp3) is 0.136. The van der Waals surface area contributed by atoms with Crippen molar-refractivity contribution in [3.05, 3.63) is 89.2 Å². The first-order valence-corrected chi connectivity index (χ1v) is 10.4. The Kier molecular flexibility index (Phi) is 5.83. The smallest absolute Gasteiger partial charge is 0.238 e. The molecule has 0 radical (unpaired) electrons. The van der Waals surface area contributed by atoms with Crippen LogP contribution in [0.15, 0.2) is 78.0 Å². The number of thioether (sulfide) groups is 1. The number of carbonyl (C=O) groups excluding carboxylic acids is 2. The summed E-state index contributed by atoms with van der Waals surface area (Å²) in [6, 6.07) is 18.5. The first-order chi connectivity index (χ1) is 14.1. The molecule has 0 saturated heterocycles. The molecule has 0 saturated carbocycles. The predicted molar refractivity (Wildman–Crippen MR) is 115 cm³/mol. The Bertz CT molecular complexity index is 991. The number of pyridine rings is 1. The zero-order chi connectivity index (χ0) is 20.2. The first kappa shape index (κ1) is 19.5. The van der Waals surface area contributed by atoms with Crippen LogP contribution in [0.4, 0.5) is 5.69 Å². The SMILES string of the molecule is O=C(CC1Sc2ccc(Cl)cc2NC1=O)NC(c1ccccc1)c1ccncc1. The number of benzene rings is 2. The van der Waals surface area contributed by atoms with E-state index >= 15 is 0 Å². The van der Waals surface area contributed by atoms with Crippen LogP contribution < -0.4 is 10.6 Å². The molecule has 2 heterocycles. The normalized spacial score (nSPS) is 16.4. The topological polar surface area (TPSA) is 71.1 Å². The van der Waals surface area contributed by atoms with Gasteiger partial charge in [0.15, 0.2) is 0 Å². The lowest BCUT2D eigenvalue weighted by atomic mass is 9.99. The van der Waals surface area contributed by atoms with E-state index in [0.29, 0.717) is 10.7 Å². The summed E-state index contributed by atoms with van der Waals surface area (Å²) in [5.41, 5.74) is 2.58. The van der Waals surface area contributed by atoms with Gasteiger partial charge in [-0.05, 0) is 41.5 Å². The van der Waals surface area contributed by atoms with E-state index in [-0.39, 0.29) is 24.3 Å². The molecule has 2 atom stereocenters. The summed E-state index contributed by atoms with van der Waals surface area (Å²) in [6.45, 7) is 0. The number of anilines is 1. The van der Waals surface area contributed by atoms with Gasteiger partial charge < -0.3 is 10.6 Å². The van der Waals surface area contributed by atoms with Crippen molar-refractivity contribution in [2.24, 2.45) is 0 Å². The van der Waals surface area contributed by atoms with Gasteiger partial charge in [-0.15, -0.1) is 11.8 Å². The molecule has 0 spiro atoms. The minimum atomic E-state index is -0.502. The number of rotatable bonds is 5. The highest BCUT2D eigenvalue weighted by Gasteiger charge is 2.30. The van der Waals surface area contributed by atoms with Crippen LogP contribution in [0.3, 0.4) is 0 Å². The Labute approximate surface area is 177 Å². The molecule has 0 aliphatic carbocycles. The van der Waals surface area contributed by atoms with Gasteiger partial charge in [0.05, 0.1) is 17.0 Å². The maximum Gasteiger partial charge on any atom is 0.238 e. The summed E-state index contributed by atoms with van der Waals surface area (Å²) in [5.74, 6) is -0.388. The number of nitrogens with one attached hydrogen (secondary N) is 2. The molecule has 1 aliphatic heterocycles. The van der Waals surface area contributed by atoms with Crippen molar-refractivity contribution in [3.63, 3.8) is 0 Å². The average molecular weight is 424 g/mol. The lowest BCUT2D eigenvalue weighted by Gasteiger charge is -2.25. The zero-order valence-electron chi connectivity index (χ0n) is 15.3. The molecule has 146 valence electrons. The molecule has 3 aromatic rings. The van der Waals surface area contributed by atoms with Crippen LogP contribution in [-0.4, -0.2) is 22.0 Å². The van der Waals surface area contributed by atoms with Crippen molar-refractivity contribution in [1.82, 2.24) is 10.3 Å². The number of hydrogen-bond acceptors (Lipinski definition) is 4. The third kappa shape index (κ3) is 4.60. The molecule has 5 nitrogen and oxygen atoms in total. The van der Waals surface area contributed by atoms with Gasteiger partial charge in [-0.1, -0.05) is 41.9 Å². The van der Waals surface area contributed by atoms with E-state index in [0.717, 1.165) is 16.0 Å². The molecule has 7 heteroatoms. The van der Waals surface area contributed by atoms with Crippen molar-refractivity contribution in [2.45, 2.75) is 22.6 Å². The van der Waals surface area contributed by atoms with E-state index in [1.54, 1.807) is 24.5 Å². The molecule has 1 aliphatic rings. The number of fused-ring (bicyclic) bond motifs is 1. The van der Waals surface area contributed by atoms with Gasteiger partial charge >= 0.3 is 0 Å². The maximum absolute atomic E-state index is 12.8. The van der Waals surface area contributed by atoms with Crippen LogP contribution >= 0.6 is 23.4 Å². The summed E-state index contributed by atoms with van der Waals surface area (Å²) < 4.78 is 0. The summed E-state index contributed by atoms with van der Waals surface area (Å²) in [4.78, 5) is 30.3. The van der Waals surface area contributed by atoms with E-state index in [4.69, 9.17) is 11.6 Å². The number of hydrogen-bond donors (Lipinski definition) is 2. The summed E-state index contributed by atoms with van der Waals surface area (Å²) >= 11 is 7.37. The Morgan fingerprint density at radius 1 is 1.10 bits per heavy atom. The second-order valence-corrected chi connectivity index (χ2v) is 8.31. The quantitative estimate of drug-likeness (QED) is 0.636. The van der Waals surface area contributed by atoms with Crippen molar-refractivity contribution in [3.8, 4) is 0 Å². The third-order valence-corrected chi connectivity index (χ3v) is 6.12. The highest BCUT2D eigenvalue weighted by molar-refractivity contribution is 8.01. The fourth-order valence-electron chi connectivity index (χ4n) is 3.21. The minimum Gasteiger partial charge on any atom is -0.345 e. The lowest BCUT2D eigenvalue weighted by Crippen LogP contribution is -2.36. The molecule has 29 heavy (non-hydrogen) atoms. The number of halogens is 1. The Morgan fingerprint density at radius 3 is 2.59 bits per heavy atom. The van der Waals surface area contributed by atoms with Crippen molar-refractivity contribution >= 4 is 40.9 Å². The van der Waals surface area contributed by atoms with E-state index in [1.807, 2.05) is 48.5 Å². The summed E-state index contributed by atoms with van der Waals surface area (Å²) in [5, 5.41) is 5.97. The summed E-state index contributed by atoms with van der Waals surface area (Å²) in [6.07, 6.45) is 3.47. The number of nitrogens with zero attached hydrogens (tertiary/aromatic N) is 1. The fourth-order valence-corrected chi connectivity index (χ4v) is 4.47. The van der Waals surface area contributed by atoms with E-state index < -0.39 is 5.25 Å². The van der Waals surface area contributed by atoms with Gasteiger partial charge in [0.1, 0.15) is 0 Å². The molecule has 0 fully saturated rings. The highest BCUT2D eigenvalue weighted by atomic mass is 35.5. The number of amides is 2. The second kappa shape index (κ2) is 8.68. The van der Waals surface area contributed by atoms with Crippen LogP contribution in [0.5, 0.6) is 0 Å². The predicted octanol–water partition coefficient (Wildman–Crippen LogP) is 4.44. The first-order valence-electron chi connectivity index (χ1n) is 9.11. The van der Waals surface area contributed by atoms with Crippen LogP contribution in [0, 0.1) is 0 Å². The van der Waals surface area contributed by atoms with Gasteiger partial charge in [0.2, 0.25) is 11.8 Å². The molecule has 2 unspecified atom stereocenters. The van der Waals surface area contributed by atoms with E-state index in [2.05, 4.69) is 15.6 Å². The summed E-state index contributed by atoms with van der Waals surface area (Å²) in [7, 11) is 0. The Hall–Kier alpha value is -2.83. The molecular formula is C22H18ClN3O2S. The van der Waals surface area contributed by atoms with E-state index in [1.165, 1.54) is 11.8 Å². The molecular weight excluding hydrogens is 406 g/mol. The van der Waals surface area contributed by atoms with Crippen LogP contribution in [0.1, 0.15) is 23.6 Å². The van der Waals surface area contributed by atoms with Crippen molar-refractivity contribution in [1.29, 1.82) is 0 Å². The highest BCUT2D eigenvalue weighted by Crippen LogP contribution is 2.38. The molecule has 2 aromatic carbocycles. The van der Waals surface area contributed by atoms with Crippen molar-refractivity contribution < 1.29 is 9.59 Å². The van der Waals surface area contributed by atoms with Crippen LogP contribution in [-0.2, 0) is 9.59 Å². The van der Waals surface area contributed by atoms with Gasteiger partial charge in [-0.25, -0.2) is 0 Å². The minimum absolute atomic E-state index is 0.0764. The molecule has 2 N–H and O–H groups in total. The van der Waals surface area contributed by atoms with E-state index in [9.17, 15) is 9.59 Å². The second-order valence-electron chi connectivity index (χ2n) is 6.63. The molecule has 1 aromatic heterocycles. The largest absolute Gasteiger partial charge is 0.345 e. The van der Waals surface area contributed by atoms with Gasteiger partial charge in [-0.2, -0.15) is 0 Å². The molecule has 0 bridgehead atoms. The number of carbonyl (C=O) groups is 2. The van der Waals surface area contributed by atoms with Gasteiger partial charge in [0.25, 0.3) is 0 Å². The average Bonchev–Trinajstić information content (AvgIpc) is 2.74. The monoisotopic (exact) mass is 423 g/mol. The maximum atomic E-state index is 12.8. The van der Waals surface area contributed by atoms with Gasteiger partial charge in [-0.3, -0.25) is 14.6 Å². The Morgan fingerprint density at radius 2 is 1.83 bits per heavy atom. The standard InChI is InChI=1S/C22H18ClN3O2S/c23-16-6-7-18-17(12-16)25-22(28)19(29-18)13-20(27)26-21(14-4-2-1-3-5-14)15-8-10-24-11-9-15/h1-12,19,21H,13H2,(H,25,28)(H,26,27). The number of aromatic nitrogens is 1. The lowest BCUT2D eigenvalue weighted by molar-refractivity contribution is -0.124.